The Labute approximate surface area is 260 Å². The highest BCUT2D eigenvalue weighted by molar-refractivity contribution is 7.26. The van der Waals surface area contributed by atoms with Crippen LogP contribution in [0.25, 0.3) is 69.6 Å². The molecule has 2 aromatic heterocycles. The Kier molecular flexibility index (Phi) is 5.72. The number of nitrogens with zero attached hydrogens (tertiary/aromatic N) is 1. The Bertz CT molecular complexity index is 2530. The van der Waals surface area contributed by atoms with Gasteiger partial charge in [0.1, 0.15) is 0 Å². The molecule has 0 atom stereocenters. The molecular formula is C42H29NS. The molecule has 44 heavy (non-hydrogen) atoms. The maximum absolute atomic E-state index is 2.44. The molecule has 0 fully saturated rings. The zero-order valence-corrected chi connectivity index (χ0v) is 25.2. The van der Waals surface area contributed by atoms with Gasteiger partial charge in [-0.15, -0.1) is 11.3 Å². The molecule has 9 rings (SSSR count). The molecule has 0 spiro atoms. The third-order valence-corrected chi connectivity index (χ3v) is 10.4. The van der Waals surface area contributed by atoms with E-state index in [9.17, 15) is 0 Å². The lowest BCUT2D eigenvalue weighted by molar-refractivity contribution is 1.18. The van der Waals surface area contributed by atoms with Crippen LogP contribution in [0.2, 0.25) is 0 Å². The lowest BCUT2D eigenvalue weighted by Gasteiger charge is -2.16. The zero-order chi connectivity index (χ0) is 29.2. The second kappa shape index (κ2) is 9.94. The second-order valence-electron chi connectivity index (χ2n) is 11.8. The van der Waals surface area contributed by atoms with Crippen molar-refractivity contribution < 1.29 is 0 Å². The number of thiophene rings is 1. The van der Waals surface area contributed by atoms with Crippen LogP contribution in [0.4, 0.5) is 0 Å². The van der Waals surface area contributed by atoms with Gasteiger partial charge in [0.15, 0.2) is 0 Å². The molecular weight excluding hydrogens is 551 g/mol. The van der Waals surface area contributed by atoms with E-state index in [0.717, 1.165) is 6.42 Å². The highest BCUT2D eigenvalue weighted by atomic mass is 32.1. The molecule has 2 heteroatoms. The van der Waals surface area contributed by atoms with Crippen LogP contribution in [-0.2, 0) is 6.42 Å². The minimum atomic E-state index is 0.899. The second-order valence-corrected chi connectivity index (χ2v) is 12.8. The number of benzene rings is 7. The first-order chi connectivity index (χ1) is 21.7. The van der Waals surface area contributed by atoms with E-state index in [0.29, 0.717) is 0 Å². The fourth-order valence-electron chi connectivity index (χ4n) is 7.19. The molecule has 0 saturated heterocycles. The molecule has 0 aliphatic carbocycles. The van der Waals surface area contributed by atoms with Gasteiger partial charge in [-0.25, -0.2) is 0 Å². The molecule has 0 aliphatic heterocycles. The Morgan fingerprint density at radius 2 is 1.32 bits per heavy atom. The molecule has 9 aromatic rings. The zero-order valence-electron chi connectivity index (χ0n) is 24.4. The van der Waals surface area contributed by atoms with Gasteiger partial charge in [0.2, 0.25) is 0 Å². The van der Waals surface area contributed by atoms with Crippen LogP contribution in [0.1, 0.15) is 16.7 Å². The summed E-state index contributed by atoms with van der Waals surface area (Å²) in [6, 6.07) is 53.5. The number of rotatable bonds is 4. The minimum absolute atomic E-state index is 0.899. The van der Waals surface area contributed by atoms with E-state index < -0.39 is 0 Å². The average molecular weight is 580 g/mol. The Hall–Kier alpha value is -5.18. The molecule has 0 saturated carbocycles. The van der Waals surface area contributed by atoms with Crippen LogP contribution >= 0.6 is 11.3 Å². The van der Waals surface area contributed by atoms with Crippen LogP contribution in [0.3, 0.4) is 0 Å². The number of fused-ring (bicyclic) bond motifs is 7. The normalized spacial score (nSPS) is 11.8. The van der Waals surface area contributed by atoms with Gasteiger partial charge >= 0.3 is 0 Å². The Balaban J connectivity index is 1.35. The highest BCUT2D eigenvalue weighted by Gasteiger charge is 2.21. The van der Waals surface area contributed by atoms with Gasteiger partial charge in [-0.05, 0) is 76.7 Å². The van der Waals surface area contributed by atoms with Gasteiger partial charge < -0.3 is 4.57 Å². The summed E-state index contributed by atoms with van der Waals surface area (Å²) in [5, 5.41) is 7.82. The Morgan fingerprint density at radius 3 is 2.20 bits per heavy atom. The fourth-order valence-corrected chi connectivity index (χ4v) is 8.47. The molecule has 0 N–H and O–H groups in total. The van der Waals surface area contributed by atoms with Crippen LogP contribution in [0.15, 0.2) is 146 Å². The molecule has 208 valence electrons. The summed E-state index contributed by atoms with van der Waals surface area (Å²) >= 11 is 1.92. The molecule has 2 heterocycles. The van der Waals surface area contributed by atoms with E-state index in [1.807, 2.05) is 11.3 Å². The summed E-state index contributed by atoms with van der Waals surface area (Å²) in [6.45, 7) is 2.33. The molecule has 0 aliphatic rings. The average Bonchev–Trinajstić information content (AvgIpc) is 3.62. The van der Waals surface area contributed by atoms with E-state index in [-0.39, 0.29) is 0 Å². The van der Waals surface area contributed by atoms with Crippen LogP contribution in [0.5, 0.6) is 0 Å². The maximum atomic E-state index is 2.44. The van der Waals surface area contributed by atoms with Crippen molar-refractivity contribution in [3.8, 4) is 16.8 Å². The van der Waals surface area contributed by atoms with Crippen LogP contribution in [-0.4, -0.2) is 4.57 Å². The number of aromatic nitrogens is 1. The SMILES string of the molecule is Cc1c(-c2c(Cc3ccccc3)ccc3c2sc2ccccc23)ccc2c1c1ccccc1n2-c1ccc2ccccc2c1. The summed E-state index contributed by atoms with van der Waals surface area (Å²) in [5.74, 6) is 0. The molecule has 7 aromatic carbocycles. The van der Waals surface area contributed by atoms with Gasteiger partial charge in [0.25, 0.3) is 0 Å². The molecule has 0 radical (unpaired) electrons. The molecule has 1 nitrogen and oxygen atoms in total. The standard InChI is InChI=1S/C42H29NS/c1-27-33(41-31(25-28-11-3-2-4-12-28)20-22-35-34-15-8-10-18-39(34)44-42(35)41)23-24-38-40(27)36-16-7-9-17-37(36)43(38)32-21-19-29-13-5-6-14-30(29)26-32/h2-24,26H,25H2,1H3. The summed E-state index contributed by atoms with van der Waals surface area (Å²) in [6.07, 6.45) is 0.899. The van der Waals surface area contributed by atoms with Gasteiger partial charge in [-0.1, -0.05) is 115 Å². The van der Waals surface area contributed by atoms with Gasteiger partial charge in [0.05, 0.1) is 11.0 Å². The minimum Gasteiger partial charge on any atom is -0.309 e. The summed E-state index contributed by atoms with van der Waals surface area (Å²) < 4.78 is 5.16. The number of hydrogen-bond acceptors (Lipinski definition) is 1. The van der Waals surface area contributed by atoms with Crippen molar-refractivity contribution >= 4 is 64.1 Å². The van der Waals surface area contributed by atoms with Crippen LogP contribution < -0.4 is 0 Å². The fraction of sp³-hybridized carbons (Fsp3) is 0.0476. The molecule has 0 unspecified atom stereocenters. The number of hydrogen-bond donors (Lipinski definition) is 0. The van der Waals surface area contributed by atoms with Crippen LogP contribution in [0, 0.1) is 6.92 Å². The van der Waals surface area contributed by atoms with Crippen molar-refractivity contribution in [2.75, 3.05) is 0 Å². The topological polar surface area (TPSA) is 4.93 Å². The lowest BCUT2D eigenvalue weighted by Crippen LogP contribution is -1.96. The summed E-state index contributed by atoms with van der Waals surface area (Å²) in [4.78, 5) is 0. The van der Waals surface area contributed by atoms with Gasteiger partial charge in [-0.2, -0.15) is 0 Å². The van der Waals surface area contributed by atoms with Gasteiger partial charge in [0, 0.05) is 42.2 Å². The van der Waals surface area contributed by atoms with Crippen molar-refractivity contribution in [2.45, 2.75) is 13.3 Å². The largest absolute Gasteiger partial charge is 0.309 e. The van der Waals surface area contributed by atoms with Crippen molar-refractivity contribution in [1.82, 2.24) is 4.57 Å². The quantitative estimate of drug-likeness (QED) is 0.195. The first-order valence-corrected chi connectivity index (χ1v) is 16.1. The summed E-state index contributed by atoms with van der Waals surface area (Å²) in [5.41, 5.74) is 10.4. The van der Waals surface area contributed by atoms with E-state index in [1.54, 1.807) is 0 Å². The van der Waals surface area contributed by atoms with Gasteiger partial charge in [-0.3, -0.25) is 0 Å². The summed E-state index contributed by atoms with van der Waals surface area (Å²) in [7, 11) is 0. The van der Waals surface area contributed by atoms with E-state index in [4.69, 9.17) is 0 Å². The Morgan fingerprint density at radius 1 is 0.568 bits per heavy atom. The first kappa shape index (κ1) is 25.3. The number of aryl methyl sites for hydroxylation is 1. The molecule has 0 bridgehead atoms. The number of para-hydroxylation sites is 1. The maximum Gasteiger partial charge on any atom is 0.0544 e. The lowest BCUT2D eigenvalue weighted by atomic mass is 9.89. The van der Waals surface area contributed by atoms with Crippen molar-refractivity contribution in [3.63, 3.8) is 0 Å². The van der Waals surface area contributed by atoms with E-state index in [1.165, 1.54) is 86.3 Å². The van der Waals surface area contributed by atoms with E-state index in [2.05, 4.69) is 157 Å². The van der Waals surface area contributed by atoms with Crippen molar-refractivity contribution in [3.05, 3.63) is 162 Å². The van der Waals surface area contributed by atoms with Crippen molar-refractivity contribution in [2.24, 2.45) is 0 Å². The monoisotopic (exact) mass is 579 g/mol. The predicted molar refractivity (Wildman–Crippen MR) is 191 cm³/mol. The third-order valence-electron chi connectivity index (χ3n) is 9.23. The first-order valence-electron chi connectivity index (χ1n) is 15.2. The van der Waals surface area contributed by atoms with Crippen molar-refractivity contribution in [1.29, 1.82) is 0 Å². The molecule has 0 amide bonds. The van der Waals surface area contributed by atoms with E-state index >= 15 is 0 Å². The third kappa shape index (κ3) is 3.85. The highest BCUT2D eigenvalue weighted by Crippen LogP contribution is 2.45. The smallest absolute Gasteiger partial charge is 0.0544 e. The predicted octanol–water partition coefficient (Wildman–Crippen LogP) is 11.9.